The largest absolute Gasteiger partial charge is 0.488 e. The standard InChI is InChI=1S/C16H19NO4/c1-4-20-15(18)12-7-8-13(21-10-16(2,3)19)14-11(12)6-5-9-17-14/h5-9,19H,4,10H2,1-3H3. The van der Waals surface area contributed by atoms with E-state index in [-0.39, 0.29) is 12.6 Å². The molecule has 5 heteroatoms. The summed E-state index contributed by atoms with van der Waals surface area (Å²) < 4.78 is 10.7. The minimum atomic E-state index is -0.944. The Morgan fingerprint density at radius 2 is 2.10 bits per heavy atom. The number of carbonyl (C=O) groups is 1. The number of fused-ring (bicyclic) bond motifs is 1. The lowest BCUT2D eigenvalue weighted by molar-refractivity contribution is 0.0289. The SMILES string of the molecule is CCOC(=O)c1ccc(OCC(C)(C)O)c2ncccc12. The van der Waals surface area contributed by atoms with E-state index in [0.29, 0.717) is 28.8 Å². The molecule has 0 saturated carbocycles. The van der Waals surface area contributed by atoms with Gasteiger partial charge in [-0.15, -0.1) is 0 Å². The van der Waals surface area contributed by atoms with Gasteiger partial charge in [-0.25, -0.2) is 4.79 Å². The van der Waals surface area contributed by atoms with Crippen molar-refractivity contribution in [1.29, 1.82) is 0 Å². The fourth-order valence-corrected chi connectivity index (χ4v) is 1.90. The van der Waals surface area contributed by atoms with E-state index < -0.39 is 5.60 Å². The van der Waals surface area contributed by atoms with Gasteiger partial charge in [0.1, 0.15) is 17.9 Å². The summed E-state index contributed by atoms with van der Waals surface area (Å²) in [7, 11) is 0. The summed E-state index contributed by atoms with van der Waals surface area (Å²) >= 11 is 0. The number of benzene rings is 1. The smallest absolute Gasteiger partial charge is 0.338 e. The Labute approximate surface area is 123 Å². The van der Waals surface area contributed by atoms with Crippen molar-refractivity contribution in [2.75, 3.05) is 13.2 Å². The first-order valence-corrected chi connectivity index (χ1v) is 6.82. The molecule has 1 aromatic carbocycles. The maximum absolute atomic E-state index is 12.0. The number of pyridine rings is 1. The maximum atomic E-state index is 12.0. The monoisotopic (exact) mass is 289 g/mol. The molecule has 2 rings (SSSR count). The molecule has 2 aromatic rings. The van der Waals surface area contributed by atoms with E-state index in [1.807, 2.05) is 0 Å². The number of hydrogen-bond acceptors (Lipinski definition) is 5. The number of nitrogens with zero attached hydrogens (tertiary/aromatic N) is 1. The highest BCUT2D eigenvalue weighted by Gasteiger charge is 2.17. The second-order valence-corrected chi connectivity index (χ2v) is 5.33. The van der Waals surface area contributed by atoms with E-state index in [9.17, 15) is 9.90 Å². The summed E-state index contributed by atoms with van der Waals surface area (Å²) in [6.07, 6.45) is 1.63. The van der Waals surface area contributed by atoms with Gasteiger partial charge in [0.05, 0.1) is 17.8 Å². The highest BCUT2D eigenvalue weighted by Crippen LogP contribution is 2.27. The fraction of sp³-hybridized carbons (Fsp3) is 0.375. The number of aliphatic hydroxyl groups is 1. The first-order chi connectivity index (χ1) is 9.92. The van der Waals surface area contributed by atoms with Crippen LogP contribution in [0.4, 0.5) is 0 Å². The van der Waals surface area contributed by atoms with Gasteiger partial charge < -0.3 is 14.6 Å². The zero-order valence-corrected chi connectivity index (χ0v) is 12.4. The molecule has 1 heterocycles. The Kier molecular flexibility index (Phi) is 4.43. The predicted molar refractivity (Wildman–Crippen MR) is 79.5 cm³/mol. The van der Waals surface area contributed by atoms with E-state index in [1.54, 1.807) is 51.2 Å². The van der Waals surface area contributed by atoms with Crippen LogP contribution < -0.4 is 4.74 Å². The predicted octanol–water partition coefficient (Wildman–Crippen LogP) is 2.56. The van der Waals surface area contributed by atoms with Crippen molar-refractivity contribution in [2.45, 2.75) is 26.4 Å². The molecule has 0 aliphatic carbocycles. The average molecular weight is 289 g/mol. The summed E-state index contributed by atoms with van der Waals surface area (Å²) in [4.78, 5) is 16.2. The van der Waals surface area contributed by atoms with Crippen molar-refractivity contribution in [3.05, 3.63) is 36.0 Å². The average Bonchev–Trinajstić information content (AvgIpc) is 2.44. The zero-order chi connectivity index (χ0) is 15.5. The second-order valence-electron chi connectivity index (χ2n) is 5.33. The van der Waals surface area contributed by atoms with Gasteiger partial charge in [-0.1, -0.05) is 6.07 Å². The van der Waals surface area contributed by atoms with Crippen molar-refractivity contribution < 1.29 is 19.4 Å². The highest BCUT2D eigenvalue weighted by atomic mass is 16.5. The molecule has 0 unspecified atom stereocenters. The van der Waals surface area contributed by atoms with Crippen LogP contribution in [0.5, 0.6) is 5.75 Å². The molecule has 0 aliphatic heterocycles. The van der Waals surface area contributed by atoms with Crippen molar-refractivity contribution in [3.63, 3.8) is 0 Å². The number of rotatable bonds is 5. The minimum Gasteiger partial charge on any atom is -0.488 e. The molecule has 0 bridgehead atoms. The molecular weight excluding hydrogens is 270 g/mol. The van der Waals surface area contributed by atoms with Crippen molar-refractivity contribution in [3.8, 4) is 5.75 Å². The summed E-state index contributed by atoms with van der Waals surface area (Å²) in [5.41, 5.74) is 0.0869. The lowest BCUT2D eigenvalue weighted by Gasteiger charge is -2.18. The molecule has 1 aromatic heterocycles. The van der Waals surface area contributed by atoms with Gasteiger partial charge in [0.25, 0.3) is 0 Å². The molecule has 0 radical (unpaired) electrons. The van der Waals surface area contributed by atoms with Crippen molar-refractivity contribution >= 4 is 16.9 Å². The third-order valence-electron chi connectivity index (χ3n) is 2.81. The normalized spacial score (nSPS) is 11.4. The van der Waals surface area contributed by atoms with E-state index in [1.165, 1.54) is 0 Å². The molecule has 0 atom stereocenters. The van der Waals surface area contributed by atoms with Gasteiger partial charge >= 0.3 is 5.97 Å². The van der Waals surface area contributed by atoms with Gasteiger partial charge in [-0.3, -0.25) is 4.98 Å². The van der Waals surface area contributed by atoms with Gasteiger partial charge in [-0.05, 0) is 39.0 Å². The van der Waals surface area contributed by atoms with Crippen LogP contribution in [-0.4, -0.2) is 34.9 Å². The number of hydrogen-bond donors (Lipinski definition) is 1. The van der Waals surface area contributed by atoms with Gasteiger partial charge in [-0.2, -0.15) is 0 Å². The van der Waals surface area contributed by atoms with E-state index in [0.717, 1.165) is 0 Å². The maximum Gasteiger partial charge on any atom is 0.338 e. The highest BCUT2D eigenvalue weighted by molar-refractivity contribution is 6.05. The van der Waals surface area contributed by atoms with Crippen LogP contribution in [0, 0.1) is 0 Å². The zero-order valence-electron chi connectivity index (χ0n) is 12.4. The summed E-state index contributed by atoms with van der Waals surface area (Å²) in [6.45, 7) is 5.54. The molecule has 5 nitrogen and oxygen atoms in total. The molecule has 0 aliphatic rings. The Balaban J connectivity index is 2.42. The van der Waals surface area contributed by atoms with Gasteiger partial charge in [0.2, 0.25) is 0 Å². The van der Waals surface area contributed by atoms with E-state index in [4.69, 9.17) is 9.47 Å². The first kappa shape index (κ1) is 15.3. The van der Waals surface area contributed by atoms with Crippen LogP contribution in [0.15, 0.2) is 30.5 Å². The van der Waals surface area contributed by atoms with Crippen LogP contribution >= 0.6 is 0 Å². The second kappa shape index (κ2) is 6.10. The molecule has 21 heavy (non-hydrogen) atoms. The molecule has 0 spiro atoms. The lowest BCUT2D eigenvalue weighted by atomic mass is 10.1. The number of carbonyl (C=O) groups excluding carboxylic acids is 1. The Morgan fingerprint density at radius 1 is 1.33 bits per heavy atom. The number of ether oxygens (including phenoxy) is 2. The van der Waals surface area contributed by atoms with Crippen molar-refractivity contribution in [1.82, 2.24) is 4.98 Å². The van der Waals surface area contributed by atoms with Gasteiger partial charge in [0.15, 0.2) is 0 Å². The molecule has 0 saturated heterocycles. The Bertz CT molecular complexity index is 646. The quantitative estimate of drug-likeness (QED) is 0.857. The topological polar surface area (TPSA) is 68.7 Å². The first-order valence-electron chi connectivity index (χ1n) is 6.82. The minimum absolute atomic E-state index is 0.136. The summed E-state index contributed by atoms with van der Waals surface area (Å²) in [5, 5.41) is 10.4. The van der Waals surface area contributed by atoms with Crippen molar-refractivity contribution in [2.24, 2.45) is 0 Å². The molecule has 112 valence electrons. The lowest BCUT2D eigenvalue weighted by Crippen LogP contribution is -2.28. The Hall–Kier alpha value is -2.14. The number of esters is 1. The number of aromatic nitrogens is 1. The Morgan fingerprint density at radius 3 is 2.76 bits per heavy atom. The molecule has 1 N–H and O–H groups in total. The van der Waals surface area contributed by atoms with E-state index in [2.05, 4.69) is 4.98 Å². The van der Waals surface area contributed by atoms with Crippen LogP contribution in [0.3, 0.4) is 0 Å². The fourth-order valence-electron chi connectivity index (χ4n) is 1.90. The van der Waals surface area contributed by atoms with Crippen LogP contribution in [-0.2, 0) is 4.74 Å². The third-order valence-corrected chi connectivity index (χ3v) is 2.81. The molecular formula is C16H19NO4. The summed E-state index contributed by atoms with van der Waals surface area (Å²) in [5.74, 6) is 0.144. The molecule has 0 fully saturated rings. The van der Waals surface area contributed by atoms with Gasteiger partial charge in [0, 0.05) is 11.6 Å². The van der Waals surface area contributed by atoms with Crippen LogP contribution in [0.2, 0.25) is 0 Å². The summed E-state index contributed by atoms with van der Waals surface area (Å²) in [6, 6.07) is 6.88. The molecule has 0 amide bonds. The van der Waals surface area contributed by atoms with E-state index >= 15 is 0 Å². The third kappa shape index (κ3) is 3.70. The van der Waals surface area contributed by atoms with Crippen LogP contribution in [0.1, 0.15) is 31.1 Å². The van der Waals surface area contributed by atoms with Crippen LogP contribution in [0.25, 0.3) is 10.9 Å².